The van der Waals surface area contributed by atoms with Crippen molar-refractivity contribution in [3.8, 4) is 11.1 Å². The predicted molar refractivity (Wildman–Crippen MR) is 59.4 cm³/mol. The minimum absolute atomic E-state index is 0.533. The van der Waals surface area contributed by atoms with Crippen molar-refractivity contribution in [2.24, 2.45) is 0 Å². The van der Waals surface area contributed by atoms with E-state index in [-0.39, 0.29) is 0 Å². The van der Waals surface area contributed by atoms with Gasteiger partial charge in [-0.2, -0.15) is 0 Å². The molecule has 0 spiro atoms. The molecule has 1 heterocycles. The quantitative estimate of drug-likeness (QED) is 0.644. The number of pyridine rings is 1. The second-order valence-corrected chi connectivity index (χ2v) is 3.57. The molecule has 0 saturated carbocycles. The Bertz CT molecular complexity index is 452. The molecule has 0 saturated heterocycles. The highest BCUT2D eigenvalue weighted by atomic mass is 35.5. The van der Waals surface area contributed by atoms with Crippen molar-refractivity contribution in [2.45, 2.75) is 6.92 Å². The second kappa shape index (κ2) is 3.81. The lowest BCUT2D eigenvalue weighted by Gasteiger charge is -2.04. The molecule has 1 nitrogen and oxygen atoms in total. The Kier molecular flexibility index (Phi) is 2.51. The van der Waals surface area contributed by atoms with Crippen LogP contribution in [0.25, 0.3) is 11.1 Å². The first-order valence-corrected chi connectivity index (χ1v) is 4.83. The number of hydrogen-bond donors (Lipinski definition) is 0. The van der Waals surface area contributed by atoms with E-state index >= 15 is 0 Å². The second-order valence-electron chi connectivity index (χ2n) is 3.18. The lowest BCUT2D eigenvalue weighted by Crippen LogP contribution is -1.83. The topological polar surface area (TPSA) is 12.9 Å². The Morgan fingerprint density at radius 1 is 1.14 bits per heavy atom. The molecule has 0 N–H and O–H groups in total. The molecule has 0 aliphatic carbocycles. The molecule has 0 aliphatic rings. The molecule has 0 unspecified atom stereocenters. The molecule has 1 aromatic heterocycles. The van der Waals surface area contributed by atoms with Gasteiger partial charge in [0.1, 0.15) is 5.15 Å². The fraction of sp³-hybridized carbons (Fsp3) is 0.0833. The zero-order valence-electron chi connectivity index (χ0n) is 7.87. The standard InChI is InChI=1S/C12H10ClN/c1-9-4-2-3-5-11(9)10-6-7-14-12(13)8-10/h2-8H,1H3. The van der Waals surface area contributed by atoms with Crippen molar-refractivity contribution in [1.82, 2.24) is 4.98 Å². The maximum absolute atomic E-state index is 5.84. The maximum Gasteiger partial charge on any atom is 0.129 e. The molecule has 2 rings (SSSR count). The van der Waals surface area contributed by atoms with Crippen LogP contribution >= 0.6 is 11.6 Å². The molecule has 0 radical (unpaired) electrons. The largest absolute Gasteiger partial charge is 0.245 e. The Morgan fingerprint density at radius 3 is 2.64 bits per heavy atom. The average molecular weight is 204 g/mol. The summed E-state index contributed by atoms with van der Waals surface area (Å²) in [5.41, 5.74) is 3.56. The zero-order chi connectivity index (χ0) is 9.97. The molecule has 0 bridgehead atoms. The number of aryl methyl sites for hydroxylation is 1. The summed E-state index contributed by atoms with van der Waals surface area (Å²) in [5, 5.41) is 0.533. The van der Waals surface area contributed by atoms with Gasteiger partial charge in [-0.05, 0) is 35.7 Å². The van der Waals surface area contributed by atoms with Gasteiger partial charge in [0, 0.05) is 6.20 Å². The Morgan fingerprint density at radius 2 is 1.93 bits per heavy atom. The van der Waals surface area contributed by atoms with Gasteiger partial charge >= 0.3 is 0 Å². The summed E-state index contributed by atoms with van der Waals surface area (Å²) in [6.45, 7) is 2.09. The molecule has 2 heteroatoms. The highest BCUT2D eigenvalue weighted by Gasteiger charge is 2.00. The fourth-order valence-electron chi connectivity index (χ4n) is 1.47. The summed E-state index contributed by atoms with van der Waals surface area (Å²) < 4.78 is 0. The van der Waals surface area contributed by atoms with Crippen LogP contribution in [0.2, 0.25) is 5.15 Å². The van der Waals surface area contributed by atoms with Crippen molar-refractivity contribution in [1.29, 1.82) is 0 Å². The van der Waals surface area contributed by atoms with Gasteiger partial charge in [-0.3, -0.25) is 0 Å². The van der Waals surface area contributed by atoms with Crippen LogP contribution in [0.3, 0.4) is 0 Å². The van der Waals surface area contributed by atoms with Crippen LogP contribution < -0.4 is 0 Å². The molecule has 2 aromatic rings. The number of halogens is 1. The summed E-state index contributed by atoms with van der Waals surface area (Å²) in [5.74, 6) is 0. The molecule has 0 aliphatic heterocycles. The zero-order valence-corrected chi connectivity index (χ0v) is 8.62. The minimum atomic E-state index is 0.533. The molecule has 0 amide bonds. The van der Waals surface area contributed by atoms with E-state index in [1.165, 1.54) is 11.1 Å². The van der Waals surface area contributed by atoms with Crippen molar-refractivity contribution in [3.63, 3.8) is 0 Å². The SMILES string of the molecule is Cc1ccccc1-c1ccnc(Cl)c1. The van der Waals surface area contributed by atoms with E-state index in [4.69, 9.17) is 11.6 Å². The molecule has 1 aromatic carbocycles. The number of hydrogen-bond acceptors (Lipinski definition) is 1. The van der Waals surface area contributed by atoms with Crippen LogP contribution in [0, 0.1) is 6.92 Å². The normalized spacial score (nSPS) is 10.1. The monoisotopic (exact) mass is 203 g/mol. The molecule has 14 heavy (non-hydrogen) atoms. The Labute approximate surface area is 88.4 Å². The molecule has 0 atom stereocenters. The maximum atomic E-state index is 5.84. The van der Waals surface area contributed by atoms with Crippen molar-refractivity contribution < 1.29 is 0 Å². The highest BCUT2D eigenvalue weighted by Crippen LogP contribution is 2.24. The van der Waals surface area contributed by atoms with Gasteiger partial charge in [0.15, 0.2) is 0 Å². The summed E-state index contributed by atoms with van der Waals surface area (Å²) >= 11 is 5.84. The molecular formula is C12H10ClN. The van der Waals surface area contributed by atoms with Gasteiger partial charge in [0.2, 0.25) is 0 Å². The third-order valence-electron chi connectivity index (χ3n) is 2.18. The fourth-order valence-corrected chi connectivity index (χ4v) is 1.64. The van der Waals surface area contributed by atoms with Gasteiger partial charge in [0.05, 0.1) is 0 Å². The van der Waals surface area contributed by atoms with Gasteiger partial charge in [-0.25, -0.2) is 4.98 Å². The summed E-state index contributed by atoms with van der Waals surface area (Å²) in [6, 6.07) is 12.1. The first-order valence-electron chi connectivity index (χ1n) is 4.45. The summed E-state index contributed by atoms with van der Waals surface area (Å²) in [4.78, 5) is 3.96. The smallest absolute Gasteiger partial charge is 0.129 e. The number of benzene rings is 1. The van der Waals surface area contributed by atoms with E-state index in [1.54, 1.807) is 6.20 Å². The Balaban J connectivity index is 2.55. The van der Waals surface area contributed by atoms with Crippen LogP contribution in [0.5, 0.6) is 0 Å². The van der Waals surface area contributed by atoms with Gasteiger partial charge < -0.3 is 0 Å². The van der Waals surface area contributed by atoms with Gasteiger partial charge in [0.25, 0.3) is 0 Å². The summed E-state index contributed by atoms with van der Waals surface area (Å²) in [6.07, 6.45) is 1.73. The number of aromatic nitrogens is 1. The molecular weight excluding hydrogens is 194 g/mol. The van der Waals surface area contributed by atoms with Crippen LogP contribution in [0.1, 0.15) is 5.56 Å². The molecule has 70 valence electrons. The van der Waals surface area contributed by atoms with Crippen LogP contribution in [-0.2, 0) is 0 Å². The number of nitrogens with zero attached hydrogens (tertiary/aromatic N) is 1. The first-order chi connectivity index (χ1) is 6.77. The predicted octanol–water partition coefficient (Wildman–Crippen LogP) is 3.71. The van der Waals surface area contributed by atoms with E-state index in [2.05, 4.69) is 24.0 Å². The van der Waals surface area contributed by atoms with E-state index < -0.39 is 0 Å². The van der Waals surface area contributed by atoms with Crippen LogP contribution in [0.4, 0.5) is 0 Å². The third-order valence-corrected chi connectivity index (χ3v) is 2.39. The van der Waals surface area contributed by atoms with Gasteiger partial charge in [-0.15, -0.1) is 0 Å². The Hall–Kier alpha value is -1.34. The van der Waals surface area contributed by atoms with Crippen molar-refractivity contribution in [2.75, 3.05) is 0 Å². The molecule has 0 fully saturated rings. The van der Waals surface area contributed by atoms with E-state index in [1.807, 2.05) is 24.3 Å². The van der Waals surface area contributed by atoms with E-state index in [9.17, 15) is 0 Å². The summed E-state index contributed by atoms with van der Waals surface area (Å²) in [7, 11) is 0. The average Bonchev–Trinajstić information content (AvgIpc) is 2.18. The highest BCUT2D eigenvalue weighted by molar-refractivity contribution is 6.29. The van der Waals surface area contributed by atoms with E-state index in [0.29, 0.717) is 5.15 Å². The van der Waals surface area contributed by atoms with Crippen LogP contribution in [0.15, 0.2) is 42.6 Å². The van der Waals surface area contributed by atoms with Crippen LogP contribution in [-0.4, -0.2) is 4.98 Å². The lowest BCUT2D eigenvalue weighted by atomic mass is 10.0. The van der Waals surface area contributed by atoms with Gasteiger partial charge in [-0.1, -0.05) is 35.9 Å². The van der Waals surface area contributed by atoms with Crippen molar-refractivity contribution in [3.05, 3.63) is 53.3 Å². The third kappa shape index (κ3) is 1.78. The lowest BCUT2D eigenvalue weighted by molar-refractivity contribution is 1.32. The number of rotatable bonds is 1. The first kappa shape index (κ1) is 9.22. The minimum Gasteiger partial charge on any atom is -0.245 e. The van der Waals surface area contributed by atoms with Crippen molar-refractivity contribution >= 4 is 11.6 Å². The van der Waals surface area contributed by atoms with E-state index in [0.717, 1.165) is 5.56 Å².